The normalized spacial score (nSPS) is 24.0. The molecule has 0 amide bonds. The maximum atomic E-state index is 9.08. The Hall–Kier alpha value is -1.67. The summed E-state index contributed by atoms with van der Waals surface area (Å²) in [6.07, 6.45) is 4.30. The SMILES string of the molecule is N#Cc1nccnc1OCC1CC(O)C1. The van der Waals surface area contributed by atoms with Crippen molar-refractivity contribution in [3.63, 3.8) is 0 Å². The molecule has 1 aliphatic rings. The second-order valence-electron chi connectivity index (χ2n) is 3.62. The van der Waals surface area contributed by atoms with Crippen molar-refractivity contribution < 1.29 is 9.84 Å². The maximum Gasteiger partial charge on any atom is 0.251 e. The highest BCUT2D eigenvalue weighted by atomic mass is 16.5. The van der Waals surface area contributed by atoms with Gasteiger partial charge < -0.3 is 9.84 Å². The molecule has 78 valence electrons. The van der Waals surface area contributed by atoms with Gasteiger partial charge in [-0.3, -0.25) is 0 Å². The van der Waals surface area contributed by atoms with Gasteiger partial charge in [0, 0.05) is 12.4 Å². The van der Waals surface area contributed by atoms with Crippen molar-refractivity contribution in [3.8, 4) is 11.9 Å². The van der Waals surface area contributed by atoms with Crippen LogP contribution in [0.4, 0.5) is 0 Å². The molecule has 0 atom stereocenters. The van der Waals surface area contributed by atoms with Crippen molar-refractivity contribution >= 4 is 0 Å². The largest absolute Gasteiger partial charge is 0.475 e. The molecule has 1 fully saturated rings. The number of nitrogens with zero attached hydrogens (tertiary/aromatic N) is 3. The summed E-state index contributed by atoms with van der Waals surface area (Å²) >= 11 is 0. The lowest BCUT2D eigenvalue weighted by atomic mass is 9.83. The van der Waals surface area contributed by atoms with E-state index in [-0.39, 0.29) is 17.7 Å². The van der Waals surface area contributed by atoms with E-state index in [0.717, 1.165) is 12.8 Å². The van der Waals surface area contributed by atoms with E-state index < -0.39 is 0 Å². The fourth-order valence-electron chi connectivity index (χ4n) is 1.54. The summed E-state index contributed by atoms with van der Waals surface area (Å²) in [5.74, 6) is 0.648. The van der Waals surface area contributed by atoms with Crippen molar-refractivity contribution in [2.45, 2.75) is 18.9 Å². The molecular weight excluding hydrogens is 194 g/mol. The van der Waals surface area contributed by atoms with Crippen LogP contribution in [0.5, 0.6) is 5.88 Å². The lowest BCUT2D eigenvalue weighted by molar-refractivity contribution is 0.0193. The predicted molar refractivity (Wildman–Crippen MR) is 51.0 cm³/mol. The zero-order valence-corrected chi connectivity index (χ0v) is 8.13. The number of aliphatic hydroxyl groups is 1. The monoisotopic (exact) mass is 205 g/mol. The van der Waals surface area contributed by atoms with E-state index in [1.807, 2.05) is 6.07 Å². The van der Waals surface area contributed by atoms with Crippen LogP contribution in [0.25, 0.3) is 0 Å². The van der Waals surface area contributed by atoms with Crippen LogP contribution >= 0.6 is 0 Å². The van der Waals surface area contributed by atoms with E-state index >= 15 is 0 Å². The summed E-state index contributed by atoms with van der Waals surface area (Å²) in [6, 6.07) is 1.92. The molecule has 0 unspecified atom stereocenters. The van der Waals surface area contributed by atoms with Gasteiger partial charge in [0.1, 0.15) is 6.07 Å². The number of aliphatic hydroxyl groups excluding tert-OH is 1. The molecule has 5 nitrogen and oxygen atoms in total. The molecule has 2 rings (SSSR count). The molecule has 0 aromatic carbocycles. The van der Waals surface area contributed by atoms with Crippen molar-refractivity contribution in [2.75, 3.05) is 6.61 Å². The van der Waals surface area contributed by atoms with Crippen LogP contribution in [0.2, 0.25) is 0 Å². The van der Waals surface area contributed by atoms with E-state index in [0.29, 0.717) is 12.5 Å². The standard InChI is InChI=1S/C10H11N3O2/c11-5-9-10(13-2-1-12-9)15-6-7-3-8(14)4-7/h1-2,7-8,14H,3-4,6H2. The Morgan fingerprint density at radius 3 is 2.87 bits per heavy atom. The Bertz CT molecular complexity index is 382. The number of rotatable bonds is 3. The summed E-state index contributed by atoms with van der Waals surface area (Å²) in [5, 5.41) is 17.8. The van der Waals surface area contributed by atoms with Gasteiger partial charge in [-0.15, -0.1) is 0 Å². The molecule has 0 spiro atoms. The summed E-state index contributed by atoms with van der Waals surface area (Å²) in [6.45, 7) is 0.491. The van der Waals surface area contributed by atoms with Crippen LogP contribution in [0.1, 0.15) is 18.5 Å². The first-order chi connectivity index (χ1) is 7.29. The molecule has 0 saturated heterocycles. The third-order valence-corrected chi connectivity index (χ3v) is 2.44. The number of hydrogen-bond donors (Lipinski definition) is 1. The number of ether oxygens (including phenoxy) is 1. The second kappa shape index (κ2) is 4.24. The first-order valence-corrected chi connectivity index (χ1v) is 4.81. The molecule has 0 aliphatic heterocycles. The summed E-state index contributed by atoms with van der Waals surface area (Å²) < 4.78 is 5.37. The smallest absolute Gasteiger partial charge is 0.251 e. The lowest BCUT2D eigenvalue weighted by Gasteiger charge is -2.30. The van der Waals surface area contributed by atoms with Gasteiger partial charge in [0.15, 0.2) is 0 Å². The molecule has 15 heavy (non-hydrogen) atoms. The van der Waals surface area contributed by atoms with Gasteiger partial charge in [0.2, 0.25) is 5.69 Å². The molecule has 1 aromatic rings. The van der Waals surface area contributed by atoms with Crippen molar-refractivity contribution in [3.05, 3.63) is 18.1 Å². The Labute approximate surface area is 87.4 Å². The molecule has 0 bridgehead atoms. The molecule has 1 heterocycles. The van der Waals surface area contributed by atoms with Gasteiger partial charge in [-0.05, 0) is 18.8 Å². The second-order valence-corrected chi connectivity index (χ2v) is 3.62. The Morgan fingerprint density at radius 1 is 1.47 bits per heavy atom. The van der Waals surface area contributed by atoms with Gasteiger partial charge in [0.25, 0.3) is 5.88 Å². The molecule has 1 aromatic heterocycles. The van der Waals surface area contributed by atoms with Crippen LogP contribution in [0.3, 0.4) is 0 Å². The summed E-state index contributed by atoms with van der Waals surface area (Å²) in [5.41, 5.74) is 0.206. The highest BCUT2D eigenvalue weighted by molar-refractivity contribution is 5.29. The summed E-state index contributed by atoms with van der Waals surface area (Å²) in [7, 11) is 0. The van der Waals surface area contributed by atoms with E-state index in [2.05, 4.69) is 9.97 Å². The molecule has 0 radical (unpaired) electrons. The fraction of sp³-hybridized carbons (Fsp3) is 0.500. The molecule has 5 heteroatoms. The highest BCUT2D eigenvalue weighted by Gasteiger charge is 2.27. The Morgan fingerprint density at radius 2 is 2.20 bits per heavy atom. The van der Waals surface area contributed by atoms with Gasteiger partial charge in [-0.25, -0.2) is 9.97 Å². The molecular formula is C10H11N3O2. The Balaban J connectivity index is 1.91. The minimum atomic E-state index is -0.184. The van der Waals surface area contributed by atoms with Crippen molar-refractivity contribution in [2.24, 2.45) is 5.92 Å². The van der Waals surface area contributed by atoms with Crippen LogP contribution < -0.4 is 4.74 Å². The van der Waals surface area contributed by atoms with E-state index in [9.17, 15) is 0 Å². The highest BCUT2D eigenvalue weighted by Crippen LogP contribution is 2.27. The summed E-state index contributed by atoms with van der Waals surface area (Å²) in [4.78, 5) is 7.77. The van der Waals surface area contributed by atoms with E-state index in [1.54, 1.807) is 0 Å². The first-order valence-electron chi connectivity index (χ1n) is 4.81. The van der Waals surface area contributed by atoms with Crippen molar-refractivity contribution in [1.29, 1.82) is 5.26 Å². The number of nitriles is 1. The van der Waals surface area contributed by atoms with Gasteiger partial charge in [0.05, 0.1) is 12.7 Å². The maximum absolute atomic E-state index is 9.08. The quantitative estimate of drug-likeness (QED) is 0.777. The average molecular weight is 205 g/mol. The fourth-order valence-corrected chi connectivity index (χ4v) is 1.54. The van der Waals surface area contributed by atoms with Crippen LogP contribution in [-0.4, -0.2) is 27.8 Å². The lowest BCUT2D eigenvalue weighted by Crippen LogP contribution is -2.32. The van der Waals surface area contributed by atoms with Crippen LogP contribution in [0, 0.1) is 17.2 Å². The zero-order chi connectivity index (χ0) is 10.7. The molecule has 1 saturated carbocycles. The third-order valence-electron chi connectivity index (χ3n) is 2.44. The van der Waals surface area contributed by atoms with E-state index in [1.165, 1.54) is 12.4 Å². The van der Waals surface area contributed by atoms with Gasteiger partial charge in [-0.2, -0.15) is 5.26 Å². The minimum Gasteiger partial charge on any atom is -0.475 e. The van der Waals surface area contributed by atoms with Crippen LogP contribution in [-0.2, 0) is 0 Å². The molecule has 1 N–H and O–H groups in total. The Kier molecular flexibility index (Phi) is 2.79. The van der Waals surface area contributed by atoms with Crippen molar-refractivity contribution in [1.82, 2.24) is 9.97 Å². The van der Waals surface area contributed by atoms with E-state index in [4.69, 9.17) is 15.1 Å². The van der Waals surface area contributed by atoms with Gasteiger partial charge in [-0.1, -0.05) is 0 Å². The zero-order valence-electron chi connectivity index (χ0n) is 8.13. The first kappa shape index (κ1) is 9.87. The van der Waals surface area contributed by atoms with Crippen LogP contribution in [0.15, 0.2) is 12.4 Å². The molecule has 1 aliphatic carbocycles. The topological polar surface area (TPSA) is 79.0 Å². The number of aromatic nitrogens is 2. The predicted octanol–water partition coefficient (Wildman–Crippen LogP) is 0.498. The third kappa shape index (κ3) is 2.22. The number of hydrogen-bond acceptors (Lipinski definition) is 5. The minimum absolute atomic E-state index is 0.184. The van der Waals surface area contributed by atoms with Gasteiger partial charge >= 0.3 is 0 Å². The average Bonchev–Trinajstić information content (AvgIpc) is 2.23.